The number of allylic oxidation sites excluding steroid dienone is 24. The van der Waals surface area contributed by atoms with Crippen LogP contribution in [0.1, 0.15) is 245 Å². The van der Waals surface area contributed by atoms with Crippen molar-refractivity contribution in [3.05, 3.63) is 146 Å². The standard InChI is InChI=1S/C68H108O6/c1-4-7-10-13-16-19-22-24-26-27-28-29-30-31-32-33-34-35-36-37-38-39-40-41-43-44-46-49-52-55-58-61-67(70)73-64-65(63-72-66(69)60-57-54-51-48-21-18-15-12-9-6-3)74-68(71)62-59-56-53-50-47-45-42-25-23-20-17-14-11-8-5-2/h7-8,10-11,16-17,19-20,24-26,28-29,31-32,34-35,37-38,40-42,47,50,65H,4-6,9,12-15,18,21-23,27,30,33,36,39,43-46,48-49,51-64H2,1-3H3/b10-7-,11-8-,19-16-,20-17-,26-24-,29-28-,32-31-,35-34-,38-37-,41-40-,42-25-,50-47-. The number of carbonyl (C=O) groups excluding carboxylic acids is 3. The molecule has 0 fully saturated rings. The van der Waals surface area contributed by atoms with E-state index in [9.17, 15) is 14.4 Å². The van der Waals surface area contributed by atoms with Crippen LogP contribution in [0.15, 0.2) is 146 Å². The van der Waals surface area contributed by atoms with Crippen molar-refractivity contribution in [3.8, 4) is 0 Å². The van der Waals surface area contributed by atoms with E-state index in [1.807, 2.05) is 0 Å². The zero-order valence-electron chi connectivity index (χ0n) is 47.5. The summed E-state index contributed by atoms with van der Waals surface area (Å²) in [6.45, 7) is 6.34. The van der Waals surface area contributed by atoms with Gasteiger partial charge in [0.1, 0.15) is 13.2 Å². The number of hydrogen-bond donors (Lipinski definition) is 0. The molecule has 0 aliphatic rings. The van der Waals surface area contributed by atoms with E-state index in [2.05, 4.69) is 167 Å². The summed E-state index contributed by atoms with van der Waals surface area (Å²) in [5.41, 5.74) is 0. The van der Waals surface area contributed by atoms with Crippen molar-refractivity contribution < 1.29 is 28.6 Å². The molecule has 0 aromatic carbocycles. The minimum absolute atomic E-state index is 0.103. The zero-order valence-corrected chi connectivity index (χ0v) is 47.5. The monoisotopic (exact) mass is 1020 g/mol. The maximum absolute atomic E-state index is 12.8. The zero-order chi connectivity index (χ0) is 53.6. The fraction of sp³-hybridized carbons (Fsp3) is 0.603. The Hall–Kier alpha value is -4.71. The maximum atomic E-state index is 12.8. The number of rotatable bonds is 52. The van der Waals surface area contributed by atoms with Crippen molar-refractivity contribution in [1.29, 1.82) is 0 Å². The lowest BCUT2D eigenvalue weighted by Crippen LogP contribution is -2.30. The van der Waals surface area contributed by atoms with Crippen LogP contribution in [0.25, 0.3) is 0 Å². The van der Waals surface area contributed by atoms with Crippen molar-refractivity contribution in [1.82, 2.24) is 0 Å². The number of hydrogen-bond acceptors (Lipinski definition) is 6. The van der Waals surface area contributed by atoms with Gasteiger partial charge in [0.2, 0.25) is 0 Å². The second-order valence-corrected chi connectivity index (χ2v) is 19.1. The molecular formula is C68H108O6. The van der Waals surface area contributed by atoms with Crippen molar-refractivity contribution in [2.45, 2.75) is 252 Å². The molecule has 0 aliphatic heterocycles. The van der Waals surface area contributed by atoms with E-state index >= 15 is 0 Å². The summed E-state index contributed by atoms with van der Waals surface area (Å²) in [5, 5.41) is 0. The summed E-state index contributed by atoms with van der Waals surface area (Å²) in [5.74, 6) is -0.967. The molecule has 416 valence electrons. The van der Waals surface area contributed by atoms with Gasteiger partial charge >= 0.3 is 17.9 Å². The minimum atomic E-state index is -0.809. The van der Waals surface area contributed by atoms with Crippen LogP contribution in [0.2, 0.25) is 0 Å². The third-order valence-electron chi connectivity index (χ3n) is 12.1. The van der Waals surface area contributed by atoms with E-state index in [0.29, 0.717) is 19.3 Å². The lowest BCUT2D eigenvalue weighted by atomic mass is 10.1. The van der Waals surface area contributed by atoms with Gasteiger partial charge in [-0.15, -0.1) is 0 Å². The minimum Gasteiger partial charge on any atom is -0.462 e. The van der Waals surface area contributed by atoms with Crippen LogP contribution in [0, 0.1) is 0 Å². The molecule has 0 heterocycles. The summed E-state index contributed by atoms with van der Waals surface area (Å²) >= 11 is 0. The molecule has 0 bridgehead atoms. The molecule has 1 unspecified atom stereocenters. The fourth-order valence-corrected chi connectivity index (χ4v) is 7.68. The van der Waals surface area contributed by atoms with Gasteiger partial charge in [0.05, 0.1) is 0 Å². The Morgan fingerprint density at radius 1 is 0.284 bits per heavy atom. The summed E-state index contributed by atoms with van der Waals surface area (Å²) in [6.07, 6.45) is 87.1. The molecular weight excluding hydrogens is 913 g/mol. The molecule has 0 spiro atoms. The maximum Gasteiger partial charge on any atom is 0.306 e. The smallest absolute Gasteiger partial charge is 0.306 e. The molecule has 0 aromatic heterocycles. The predicted octanol–water partition coefficient (Wildman–Crippen LogP) is 20.4. The number of unbranched alkanes of at least 4 members (excludes halogenated alkanes) is 17. The van der Waals surface area contributed by atoms with Crippen molar-refractivity contribution in [2.75, 3.05) is 13.2 Å². The second-order valence-electron chi connectivity index (χ2n) is 19.1. The van der Waals surface area contributed by atoms with Crippen molar-refractivity contribution in [2.24, 2.45) is 0 Å². The van der Waals surface area contributed by atoms with Crippen LogP contribution in [-0.4, -0.2) is 37.2 Å². The first-order chi connectivity index (χ1) is 36.5. The van der Waals surface area contributed by atoms with Crippen LogP contribution in [0.4, 0.5) is 0 Å². The Morgan fingerprint density at radius 3 is 0.851 bits per heavy atom. The van der Waals surface area contributed by atoms with Gasteiger partial charge < -0.3 is 14.2 Å². The average Bonchev–Trinajstić information content (AvgIpc) is 3.40. The highest BCUT2D eigenvalue weighted by atomic mass is 16.6. The Labute approximate surface area is 455 Å². The predicted molar refractivity (Wildman–Crippen MR) is 320 cm³/mol. The lowest BCUT2D eigenvalue weighted by Gasteiger charge is -2.18. The quantitative estimate of drug-likeness (QED) is 0.0261. The second kappa shape index (κ2) is 60.8. The van der Waals surface area contributed by atoms with Gasteiger partial charge in [0.25, 0.3) is 0 Å². The van der Waals surface area contributed by atoms with Gasteiger partial charge in [-0.3, -0.25) is 14.4 Å². The SMILES string of the molecule is CC/C=C\C/C=C\C/C=C\C/C=C\C/C=C\C/C=C\C/C=C\C/C=C\CCCCCCCCC(=O)OCC(COC(=O)CCCCCCCCCCCC)OC(=O)CCCC/C=C\C/C=C\C/C=C\C/C=C\CC. The van der Waals surface area contributed by atoms with Crippen LogP contribution in [0.3, 0.4) is 0 Å². The number of ether oxygens (including phenoxy) is 3. The molecule has 0 radical (unpaired) electrons. The summed E-state index contributed by atoms with van der Waals surface area (Å²) in [7, 11) is 0. The van der Waals surface area contributed by atoms with E-state index < -0.39 is 6.10 Å². The number of esters is 3. The third-order valence-corrected chi connectivity index (χ3v) is 12.1. The van der Waals surface area contributed by atoms with Gasteiger partial charge in [-0.2, -0.15) is 0 Å². The fourth-order valence-electron chi connectivity index (χ4n) is 7.68. The highest BCUT2D eigenvalue weighted by Crippen LogP contribution is 2.14. The highest BCUT2D eigenvalue weighted by molar-refractivity contribution is 5.71. The van der Waals surface area contributed by atoms with E-state index in [1.54, 1.807) is 0 Å². The molecule has 74 heavy (non-hydrogen) atoms. The van der Waals surface area contributed by atoms with E-state index in [0.717, 1.165) is 141 Å². The Kier molecular flexibility index (Phi) is 57.0. The molecule has 0 aromatic rings. The van der Waals surface area contributed by atoms with E-state index in [-0.39, 0.29) is 37.5 Å². The van der Waals surface area contributed by atoms with Crippen LogP contribution >= 0.6 is 0 Å². The average molecular weight is 1020 g/mol. The van der Waals surface area contributed by atoms with Crippen molar-refractivity contribution in [3.63, 3.8) is 0 Å². The summed E-state index contributed by atoms with van der Waals surface area (Å²) in [4.78, 5) is 38.1. The number of carbonyl (C=O) groups is 3. The van der Waals surface area contributed by atoms with Crippen molar-refractivity contribution >= 4 is 17.9 Å². The first kappa shape index (κ1) is 69.3. The van der Waals surface area contributed by atoms with E-state index in [1.165, 1.54) is 57.8 Å². The topological polar surface area (TPSA) is 78.9 Å². The molecule has 1 atom stereocenters. The van der Waals surface area contributed by atoms with Gasteiger partial charge in [0.15, 0.2) is 6.10 Å². The lowest BCUT2D eigenvalue weighted by molar-refractivity contribution is -0.167. The van der Waals surface area contributed by atoms with Crippen LogP contribution in [-0.2, 0) is 28.6 Å². The molecule has 0 saturated carbocycles. The normalized spacial score (nSPS) is 13.2. The third kappa shape index (κ3) is 58.2. The summed E-state index contributed by atoms with van der Waals surface area (Å²) < 4.78 is 16.8. The Morgan fingerprint density at radius 2 is 0.527 bits per heavy atom. The highest BCUT2D eigenvalue weighted by Gasteiger charge is 2.19. The van der Waals surface area contributed by atoms with Crippen LogP contribution in [0.5, 0.6) is 0 Å². The van der Waals surface area contributed by atoms with Gasteiger partial charge in [-0.25, -0.2) is 0 Å². The molecule has 0 saturated heterocycles. The van der Waals surface area contributed by atoms with Gasteiger partial charge in [-0.1, -0.05) is 250 Å². The van der Waals surface area contributed by atoms with E-state index in [4.69, 9.17) is 14.2 Å². The molecule has 6 heteroatoms. The first-order valence-electron chi connectivity index (χ1n) is 29.8. The Bertz CT molecular complexity index is 1640. The molecule has 0 N–H and O–H groups in total. The summed E-state index contributed by atoms with van der Waals surface area (Å²) in [6, 6.07) is 0. The molecule has 0 rings (SSSR count). The first-order valence-corrected chi connectivity index (χ1v) is 29.8. The molecule has 6 nitrogen and oxygen atoms in total. The molecule has 0 aliphatic carbocycles. The van der Waals surface area contributed by atoms with Gasteiger partial charge in [0, 0.05) is 19.3 Å². The largest absolute Gasteiger partial charge is 0.462 e. The van der Waals surface area contributed by atoms with Gasteiger partial charge in [-0.05, 0) is 122 Å². The molecule has 0 amide bonds. The Balaban J connectivity index is 4.32. The van der Waals surface area contributed by atoms with Crippen LogP contribution < -0.4 is 0 Å².